The van der Waals surface area contributed by atoms with Gasteiger partial charge in [-0.05, 0) is 36.1 Å². The molecule has 0 radical (unpaired) electrons. The molecule has 3 atom stereocenters. The molecule has 0 saturated carbocycles. The summed E-state index contributed by atoms with van der Waals surface area (Å²) in [6, 6.07) is 9.93. The molecule has 8 heteroatoms. The quantitative estimate of drug-likeness (QED) is 0.733. The average Bonchev–Trinajstić information content (AvgIpc) is 3.40. The Morgan fingerprint density at radius 1 is 1.17 bits per heavy atom. The summed E-state index contributed by atoms with van der Waals surface area (Å²) in [4.78, 5) is 28.8. The number of aryl methyl sites for hydroxylation is 2. The van der Waals surface area contributed by atoms with Crippen LogP contribution in [0, 0.1) is 11.8 Å². The number of likely N-dealkylation sites (tertiary alicyclic amines) is 2. The minimum Gasteiger partial charge on any atom is -0.497 e. The summed E-state index contributed by atoms with van der Waals surface area (Å²) >= 11 is 0. The van der Waals surface area contributed by atoms with Gasteiger partial charge in [-0.15, -0.1) is 0 Å². The van der Waals surface area contributed by atoms with E-state index in [1.807, 2.05) is 47.0 Å². The standard InChI is InChI=1S/C22H29N5O3/c1-25-17(9-10-24-25)5-8-21(29)27-12-16-11-26(14-20(23)28)13-19(16)22(27)15-3-6-18(30-2)7-4-15/h3-4,6-7,9-10,16,19,22H,5,8,11-14H2,1-2H3,(H2,23,28)/t16-,19-,22-/m0/s1. The number of rotatable bonds is 7. The lowest BCUT2D eigenvalue weighted by Crippen LogP contribution is -2.38. The molecule has 0 aliphatic carbocycles. The molecular weight excluding hydrogens is 382 g/mol. The van der Waals surface area contributed by atoms with Crippen molar-refractivity contribution in [2.45, 2.75) is 18.9 Å². The number of carbonyl (C=O) groups excluding carboxylic acids is 2. The van der Waals surface area contributed by atoms with Crippen LogP contribution in [0.25, 0.3) is 0 Å². The van der Waals surface area contributed by atoms with Crippen LogP contribution in [0.15, 0.2) is 36.5 Å². The zero-order chi connectivity index (χ0) is 21.3. The van der Waals surface area contributed by atoms with Crippen molar-refractivity contribution in [2.75, 3.05) is 33.3 Å². The van der Waals surface area contributed by atoms with Gasteiger partial charge in [0, 0.05) is 50.9 Å². The SMILES string of the molecule is COc1ccc([C@H]2[C@H]3CN(CC(N)=O)C[C@H]3CN2C(=O)CCc2ccnn2C)cc1. The van der Waals surface area contributed by atoms with Gasteiger partial charge in [0.05, 0.1) is 19.7 Å². The minimum absolute atomic E-state index is 0.00202. The fourth-order valence-corrected chi connectivity index (χ4v) is 5.00. The van der Waals surface area contributed by atoms with E-state index in [4.69, 9.17) is 10.5 Å². The van der Waals surface area contributed by atoms with Crippen molar-refractivity contribution in [1.29, 1.82) is 0 Å². The average molecular weight is 412 g/mol. The van der Waals surface area contributed by atoms with E-state index in [2.05, 4.69) is 10.00 Å². The van der Waals surface area contributed by atoms with E-state index < -0.39 is 0 Å². The van der Waals surface area contributed by atoms with Crippen molar-refractivity contribution in [3.8, 4) is 5.75 Å². The second-order valence-electron chi connectivity index (χ2n) is 8.29. The molecule has 2 N–H and O–H groups in total. The Hall–Kier alpha value is -2.87. The molecule has 1 aromatic carbocycles. The highest BCUT2D eigenvalue weighted by atomic mass is 16.5. The molecule has 0 unspecified atom stereocenters. The zero-order valence-electron chi connectivity index (χ0n) is 17.5. The molecule has 4 rings (SSSR count). The third-order valence-corrected chi connectivity index (χ3v) is 6.41. The monoisotopic (exact) mass is 411 g/mol. The molecule has 2 fully saturated rings. The smallest absolute Gasteiger partial charge is 0.231 e. The lowest BCUT2D eigenvalue weighted by atomic mass is 9.89. The van der Waals surface area contributed by atoms with Crippen molar-refractivity contribution in [3.05, 3.63) is 47.8 Å². The molecule has 2 aliphatic heterocycles. The lowest BCUT2D eigenvalue weighted by Gasteiger charge is -2.30. The number of ether oxygens (including phenoxy) is 1. The molecule has 2 aromatic rings. The van der Waals surface area contributed by atoms with Crippen LogP contribution in [0.4, 0.5) is 0 Å². The van der Waals surface area contributed by atoms with Gasteiger partial charge in [-0.1, -0.05) is 12.1 Å². The normalized spacial score (nSPS) is 23.5. The highest BCUT2D eigenvalue weighted by Crippen LogP contribution is 2.45. The van der Waals surface area contributed by atoms with Crippen molar-refractivity contribution < 1.29 is 14.3 Å². The first-order valence-electron chi connectivity index (χ1n) is 10.4. The largest absolute Gasteiger partial charge is 0.497 e. The third-order valence-electron chi connectivity index (χ3n) is 6.41. The summed E-state index contributed by atoms with van der Waals surface area (Å²) in [5.41, 5.74) is 7.57. The Kier molecular flexibility index (Phi) is 5.76. The number of hydrogen-bond donors (Lipinski definition) is 1. The zero-order valence-corrected chi connectivity index (χ0v) is 17.5. The number of fused-ring (bicyclic) bond motifs is 1. The van der Waals surface area contributed by atoms with Gasteiger partial charge in [0.15, 0.2) is 0 Å². The summed E-state index contributed by atoms with van der Waals surface area (Å²) in [6.45, 7) is 2.55. The molecule has 0 bridgehead atoms. The summed E-state index contributed by atoms with van der Waals surface area (Å²) in [7, 11) is 3.54. The Morgan fingerprint density at radius 3 is 2.57 bits per heavy atom. The predicted molar refractivity (Wildman–Crippen MR) is 112 cm³/mol. The van der Waals surface area contributed by atoms with Crippen LogP contribution >= 0.6 is 0 Å². The molecule has 2 amide bonds. The van der Waals surface area contributed by atoms with Gasteiger partial charge in [0.2, 0.25) is 11.8 Å². The van der Waals surface area contributed by atoms with Crippen LogP contribution in [-0.4, -0.2) is 64.7 Å². The number of amides is 2. The molecule has 3 heterocycles. The molecule has 8 nitrogen and oxygen atoms in total. The Labute approximate surface area is 176 Å². The van der Waals surface area contributed by atoms with E-state index in [1.54, 1.807) is 13.3 Å². The van der Waals surface area contributed by atoms with Gasteiger partial charge in [0.25, 0.3) is 0 Å². The molecular formula is C22H29N5O3. The first-order chi connectivity index (χ1) is 14.5. The number of nitrogens with two attached hydrogens (primary N) is 1. The van der Waals surface area contributed by atoms with Gasteiger partial charge >= 0.3 is 0 Å². The Balaban J connectivity index is 1.53. The summed E-state index contributed by atoms with van der Waals surface area (Å²) in [6.07, 6.45) is 2.88. The summed E-state index contributed by atoms with van der Waals surface area (Å²) < 4.78 is 7.11. The van der Waals surface area contributed by atoms with Crippen molar-refractivity contribution >= 4 is 11.8 Å². The van der Waals surface area contributed by atoms with E-state index in [9.17, 15) is 9.59 Å². The van der Waals surface area contributed by atoms with Gasteiger partial charge in [-0.25, -0.2) is 0 Å². The van der Waals surface area contributed by atoms with E-state index in [0.29, 0.717) is 31.2 Å². The Morgan fingerprint density at radius 2 is 1.93 bits per heavy atom. The van der Waals surface area contributed by atoms with E-state index in [1.165, 1.54) is 0 Å². The second-order valence-corrected chi connectivity index (χ2v) is 8.29. The summed E-state index contributed by atoms with van der Waals surface area (Å²) in [5, 5.41) is 4.19. The fraction of sp³-hybridized carbons (Fsp3) is 0.500. The molecule has 2 saturated heterocycles. The van der Waals surface area contributed by atoms with Crippen molar-refractivity contribution in [1.82, 2.24) is 19.6 Å². The predicted octanol–water partition coefficient (Wildman–Crippen LogP) is 0.978. The number of benzene rings is 1. The highest BCUT2D eigenvalue weighted by Gasteiger charge is 2.48. The number of aromatic nitrogens is 2. The van der Waals surface area contributed by atoms with Crippen LogP contribution in [-0.2, 0) is 23.1 Å². The van der Waals surface area contributed by atoms with Gasteiger partial charge in [-0.2, -0.15) is 5.10 Å². The first-order valence-corrected chi connectivity index (χ1v) is 10.4. The lowest BCUT2D eigenvalue weighted by molar-refractivity contribution is -0.133. The van der Waals surface area contributed by atoms with E-state index in [0.717, 1.165) is 30.1 Å². The van der Waals surface area contributed by atoms with Crippen molar-refractivity contribution in [3.63, 3.8) is 0 Å². The number of methoxy groups -OCH3 is 1. The van der Waals surface area contributed by atoms with Crippen LogP contribution < -0.4 is 10.5 Å². The molecule has 160 valence electrons. The number of nitrogens with zero attached hydrogens (tertiary/aromatic N) is 4. The second kappa shape index (κ2) is 8.47. The summed E-state index contributed by atoms with van der Waals surface area (Å²) in [5.74, 6) is 1.28. The van der Waals surface area contributed by atoms with Crippen LogP contribution in [0.1, 0.15) is 23.7 Å². The maximum Gasteiger partial charge on any atom is 0.231 e. The highest BCUT2D eigenvalue weighted by molar-refractivity contribution is 5.78. The first kappa shape index (κ1) is 20.4. The topological polar surface area (TPSA) is 93.7 Å². The van der Waals surface area contributed by atoms with Gasteiger partial charge in [-0.3, -0.25) is 19.2 Å². The van der Waals surface area contributed by atoms with Crippen LogP contribution in [0.3, 0.4) is 0 Å². The van der Waals surface area contributed by atoms with Crippen LogP contribution in [0.2, 0.25) is 0 Å². The number of primary amides is 1. The number of hydrogen-bond acceptors (Lipinski definition) is 5. The van der Waals surface area contributed by atoms with E-state index in [-0.39, 0.29) is 24.4 Å². The number of carbonyl (C=O) groups is 2. The Bertz CT molecular complexity index is 910. The minimum atomic E-state index is -0.305. The van der Waals surface area contributed by atoms with E-state index >= 15 is 0 Å². The van der Waals surface area contributed by atoms with Gasteiger partial charge in [0.1, 0.15) is 5.75 Å². The maximum absolute atomic E-state index is 13.2. The third kappa shape index (κ3) is 4.05. The molecule has 2 aliphatic rings. The molecule has 30 heavy (non-hydrogen) atoms. The fourth-order valence-electron chi connectivity index (χ4n) is 5.00. The molecule has 1 aromatic heterocycles. The van der Waals surface area contributed by atoms with Crippen LogP contribution in [0.5, 0.6) is 5.75 Å². The van der Waals surface area contributed by atoms with Crippen molar-refractivity contribution in [2.24, 2.45) is 24.6 Å². The molecule has 0 spiro atoms. The van der Waals surface area contributed by atoms with Gasteiger partial charge < -0.3 is 15.4 Å². The maximum atomic E-state index is 13.2.